The van der Waals surface area contributed by atoms with Gasteiger partial charge in [-0.3, -0.25) is 9.36 Å². The lowest BCUT2D eigenvalue weighted by molar-refractivity contribution is -0.113. The van der Waals surface area contributed by atoms with Gasteiger partial charge in [0.2, 0.25) is 5.91 Å². The Morgan fingerprint density at radius 2 is 1.81 bits per heavy atom. The van der Waals surface area contributed by atoms with Crippen LogP contribution in [0.5, 0.6) is 5.75 Å². The lowest BCUT2D eigenvalue weighted by Gasteiger charge is -2.11. The third-order valence-electron chi connectivity index (χ3n) is 4.44. The average molecular weight is 451 g/mol. The Morgan fingerprint density at radius 3 is 2.52 bits per heavy atom. The maximum absolute atomic E-state index is 12.5. The van der Waals surface area contributed by atoms with Crippen LogP contribution in [-0.4, -0.2) is 33.5 Å². The maximum atomic E-state index is 12.5. The number of ether oxygens (including phenoxy) is 1. The molecule has 3 aromatic carbocycles. The van der Waals surface area contributed by atoms with Gasteiger partial charge in [0, 0.05) is 22.0 Å². The molecule has 0 aliphatic rings. The van der Waals surface area contributed by atoms with Crippen molar-refractivity contribution < 1.29 is 9.53 Å². The van der Waals surface area contributed by atoms with Crippen molar-refractivity contribution >= 4 is 35.0 Å². The predicted octanol–water partition coefficient (Wildman–Crippen LogP) is 5.33. The zero-order chi connectivity index (χ0) is 21.6. The van der Waals surface area contributed by atoms with E-state index in [0.29, 0.717) is 21.7 Å². The highest BCUT2D eigenvalue weighted by molar-refractivity contribution is 7.99. The molecule has 0 unspecified atom stereocenters. The van der Waals surface area contributed by atoms with Gasteiger partial charge in [0.15, 0.2) is 11.0 Å². The number of nitrogens with one attached hydrogen (secondary N) is 1. The molecular weight excluding hydrogens is 432 g/mol. The number of methoxy groups -OCH3 is 1. The van der Waals surface area contributed by atoms with Crippen molar-refractivity contribution in [3.8, 4) is 22.8 Å². The average Bonchev–Trinajstić information content (AvgIpc) is 3.22. The molecule has 0 spiro atoms. The summed E-state index contributed by atoms with van der Waals surface area (Å²) in [6.07, 6.45) is 0. The summed E-state index contributed by atoms with van der Waals surface area (Å²) in [5, 5.41) is 12.8. The van der Waals surface area contributed by atoms with Gasteiger partial charge in [0.1, 0.15) is 5.75 Å². The SMILES string of the molecule is COc1ccc(-n2c(SCC(=O)Nc3cccc(Cl)c3)nnc2-c2ccccc2)cc1. The quantitative estimate of drug-likeness (QED) is 0.385. The van der Waals surface area contributed by atoms with Gasteiger partial charge in [-0.05, 0) is 42.5 Å². The van der Waals surface area contributed by atoms with Gasteiger partial charge < -0.3 is 10.1 Å². The van der Waals surface area contributed by atoms with Gasteiger partial charge in [0.05, 0.1) is 12.9 Å². The monoisotopic (exact) mass is 450 g/mol. The van der Waals surface area contributed by atoms with E-state index in [1.807, 2.05) is 59.2 Å². The molecule has 1 amide bonds. The predicted molar refractivity (Wildman–Crippen MR) is 124 cm³/mol. The van der Waals surface area contributed by atoms with E-state index in [4.69, 9.17) is 16.3 Å². The Hall–Kier alpha value is -3.29. The van der Waals surface area contributed by atoms with Crippen LogP contribution in [0.4, 0.5) is 5.69 Å². The normalized spacial score (nSPS) is 10.6. The van der Waals surface area contributed by atoms with Gasteiger partial charge >= 0.3 is 0 Å². The number of hydrogen-bond acceptors (Lipinski definition) is 5. The largest absolute Gasteiger partial charge is 0.497 e. The summed E-state index contributed by atoms with van der Waals surface area (Å²) in [7, 11) is 1.63. The summed E-state index contributed by atoms with van der Waals surface area (Å²) >= 11 is 7.30. The van der Waals surface area contributed by atoms with Gasteiger partial charge in [-0.1, -0.05) is 59.8 Å². The number of amides is 1. The molecule has 0 aliphatic carbocycles. The minimum absolute atomic E-state index is 0.155. The molecule has 156 valence electrons. The Balaban J connectivity index is 1.59. The molecule has 31 heavy (non-hydrogen) atoms. The fourth-order valence-electron chi connectivity index (χ4n) is 3.00. The van der Waals surface area contributed by atoms with Gasteiger partial charge in [-0.25, -0.2) is 0 Å². The van der Waals surface area contributed by atoms with Crippen LogP contribution in [0, 0.1) is 0 Å². The molecule has 0 aliphatic heterocycles. The summed E-state index contributed by atoms with van der Waals surface area (Å²) in [5.74, 6) is 1.48. The van der Waals surface area contributed by atoms with Crippen LogP contribution < -0.4 is 10.1 Å². The highest BCUT2D eigenvalue weighted by atomic mass is 35.5. The van der Waals surface area contributed by atoms with Crippen LogP contribution in [-0.2, 0) is 4.79 Å². The molecule has 0 saturated carbocycles. The number of anilines is 1. The molecule has 4 aromatic rings. The Bertz CT molecular complexity index is 1180. The number of aromatic nitrogens is 3. The first-order chi connectivity index (χ1) is 15.1. The second-order valence-electron chi connectivity index (χ2n) is 6.55. The van der Waals surface area contributed by atoms with Gasteiger partial charge in [0.25, 0.3) is 0 Å². The summed E-state index contributed by atoms with van der Waals surface area (Å²) in [4.78, 5) is 12.5. The van der Waals surface area contributed by atoms with Crippen molar-refractivity contribution in [3.05, 3.63) is 83.9 Å². The molecule has 0 saturated heterocycles. The molecule has 0 fully saturated rings. The Morgan fingerprint density at radius 1 is 1.03 bits per heavy atom. The van der Waals surface area contributed by atoms with Crippen molar-refractivity contribution in [1.82, 2.24) is 14.8 Å². The molecule has 4 rings (SSSR count). The van der Waals surface area contributed by atoms with E-state index >= 15 is 0 Å². The van der Waals surface area contributed by atoms with Crippen molar-refractivity contribution in [2.75, 3.05) is 18.2 Å². The molecule has 8 heteroatoms. The number of thioether (sulfide) groups is 1. The Labute approximate surface area is 189 Å². The smallest absolute Gasteiger partial charge is 0.234 e. The third-order valence-corrected chi connectivity index (χ3v) is 5.60. The van der Waals surface area contributed by atoms with E-state index in [2.05, 4.69) is 15.5 Å². The summed E-state index contributed by atoms with van der Waals surface area (Å²) < 4.78 is 7.20. The molecule has 0 atom stereocenters. The molecule has 6 nitrogen and oxygen atoms in total. The number of nitrogens with zero attached hydrogens (tertiary/aromatic N) is 3. The van der Waals surface area contributed by atoms with Gasteiger partial charge in [-0.15, -0.1) is 10.2 Å². The molecule has 1 N–H and O–H groups in total. The van der Waals surface area contributed by atoms with Crippen molar-refractivity contribution in [3.63, 3.8) is 0 Å². The van der Waals surface area contributed by atoms with E-state index in [1.54, 1.807) is 31.4 Å². The van der Waals surface area contributed by atoms with E-state index in [1.165, 1.54) is 11.8 Å². The summed E-state index contributed by atoms with van der Waals surface area (Å²) in [6.45, 7) is 0. The van der Waals surface area contributed by atoms with Crippen LogP contribution in [0.3, 0.4) is 0 Å². The number of hydrogen-bond donors (Lipinski definition) is 1. The van der Waals surface area contributed by atoms with Gasteiger partial charge in [-0.2, -0.15) is 0 Å². The minimum Gasteiger partial charge on any atom is -0.497 e. The fraction of sp³-hybridized carbons (Fsp3) is 0.0870. The minimum atomic E-state index is -0.155. The lowest BCUT2D eigenvalue weighted by Crippen LogP contribution is -2.14. The molecule has 0 radical (unpaired) electrons. The zero-order valence-electron chi connectivity index (χ0n) is 16.7. The number of benzene rings is 3. The van der Waals surface area contributed by atoms with Crippen molar-refractivity contribution in [1.29, 1.82) is 0 Å². The summed E-state index contributed by atoms with van der Waals surface area (Å²) in [5.41, 5.74) is 2.46. The second kappa shape index (κ2) is 9.68. The topological polar surface area (TPSA) is 69.0 Å². The first kappa shape index (κ1) is 21.0. The first-order valence-electron chi connectivity index (χ1n) is 9.47. The van der Waals surface area contributed by atoms with Crippen molar-refractivity contribution in [2.24, 2.45) is 0 Å². The fourth-order valence-corrected chi connectivity index (χ4v) is 3.94. The van der Waals surface area contributed by atoms with Crippen molar-refractivity contribution in [2.45, 2.75) is 5.16 Å². The third kappa shape index (κ3) is 5.07. The van der Waals surface area contributed by atoms with E-state index < -0.39 is 0 Å². The Kier molecular flexibility index (Phi) is 6.54. The second-order valence-corrected chi connectivity index (χ2v) is 7.93. The first-order valence-corrected chi connectivity index (χ1v) is 10.8. The van der Waals surface area contributed by atoms with Crippen LogP contribution in [0.1, 0.15) is 0 Å². The van der Waals surface area contributed by atoms with E-state index in [9.17, 15) is 4.79 Å². The highest BCUT2D eigenvalue weighted by Crippen LogP contribution is 2.29. The number of halogens is 1. The van der Waals surface area contributed by atoms with E-state index in [-0.39, 0.29) is 11.7 Å². The highest BCUT2D eigenvalue weighted by Gasteiger charge is 2.17. The summed E-state index contributed by atoms with van der Waals surface area (Å²) in [6, 6.07) is 24.5. The molecule has 1 heterocycles. The van der Waals surface area contributed by atoms with Crippen LogP contribution in [0.15, 0.2) is 84.0 Å². The maximum Gasteiger partial charge on any atom is 0.234 e. The zero-order valence-corrected chi connectivity index (χ0v) is 18.2. The van der Waals surface area contributed by atoms with Crippen LogP contribution >= 0.6 is 23.4 Å². The van der Waals surface area contributed by atoms with E-state index in [0.717, 1.165) is 17.0 Å². The standard InChI is InChI=1S/C23H19ClN4O2S/c1-30-20-12-10-19(11-13-20)28-22(16-6-3-2-4-7-16)26-27-23(28)31-15-21(29)25-18-9-5-8-17(24)14-18/h2-14H,15H2,1H3,(H,25,29). The number of carbonyl (C=O) groups excluding carboxylic acids is 1. The molecule has 0 bridgehead atoms. The molecule has 1 aromatic heterocycles. The lowest BCUT2D eigenvalue weighted by atomic mass is 10.2. The van der Waals surface area contributed by atoms with Crippen LogP contribution in [0.2, 0.25) is 5.02 Å². The van der Waals surface area contributed by atoms with Crippen LogP contribution in [0.25, 0.3) is 17.1 Å². The molecular formula is C23H19ClN4O2S. The number of carbonyl (C=O) groups is 1. The number of rotatable bonds is 7.